The molecule has 30 atom stereocenters. The summed E-state index contributed by atoms with van der Waals surface area (Å²) in [6.07, 6.45) is -30.4. The molecule has 0 spiro atoms. The van der Waals surface area contributed by atoms with Crippen LogP contribution < -0.4 is 86.5 Å². The third-order valence-corrected chi connectivity index (χ3v) is 32.8. The van der Waals surface area contributed by atoms with Gasteiger partial charge in [0.1, 0.15) is 129 Å². The van der Waals surface area contributed by atoms with Gasteiger partial charge in [0.15, 0.2) is 65.5 Å². The molecule has 0 radical (unpaired) electrons. The van der Waals surface area contributed by atoms with E-state index in [1.807, 2.05) is 0 Å². The van der Waals surface area contributed by atoms with Crippen LogP contribution in [0.5, 0.6) is 0 Å². The number of rotatable bonds is 43. The Labute approximate surface area is 820 Å². The number of anilines is 3. The molecule has 17 rings (SSSR count). The first-order valence-corrected chi connectivity index (χ1v) is 55.9. The summed E-state index contributed by atoms with van der Waals surface area (Å²) < 4.78 is 195. The summed E-state index contributed by atoms with van der Waals surface area (Å²) in [7, 11) is -8.83. The number of hydrogen-bond acceptors (Lipinski definition) is 55. The van der Waals surface area contributed by atoms with E-state index in [0.29, 0.717) is 0 Å². The monoisotopic (exact) mass is 2210 g/mol. The van der Waals surface area contributed by atoms with Gasteiger partial charge in [-0.25, -0.2) is 39.3 Å². The molecule has 72 heteroatoms. The molecular weight excluding hydrogens is 2120 g/mol. The Morgan fingerprint density at radius 2 is 0.993 bits per heavy atom. The number of nitrogens with two attached hydrogens (primary N) is 3. The summed E-state index contributed by atoms with van der Waals surface area (Å²) in [4.78, 5) is 221. The van der Waals surface area contributed by atoms with Crippen molar-refractivity contribution in [2.75, 3.05) is 105 Å². The van der Waals surface area contributed by atoms with Gasteiger partial charge >= 0.3 is 17.1 Å². The van der Waals surface area contributed by atoms with Crippen molar-refractivity contribution in [3.05, 3.63) is 143 Å². The Hall–Kier alpha value is -7.52. The molecule has 8 aliphatic heterocycles. The fourth-order valence-electron chi connectivity index (χ4n) is 17.7. The molecule has 8 aliphatic rings. The molecule has 143 heavy (non-hydrogen) atoms. The summed E-state index contributed by atoms with van der Waals surface area (Å²) in [5, 5.41) is 10.8. The van der Waals surface area contributed by atoms with Gasteiger partial charge in [-0.2, -0.15) is 9.97 Å². The molecule has 8 saturated heterocycles. The molecule has 0 amide bonds. The third-order valence-electron chi connectivity index (χ3n) is 24.6. The standard InChI is InChI=1S/C71H95N21O41P6S4/c1-27-15-88(68(100)86-56(27)94)39-14-33(128-136(106,140)112-8)37(123-39)19-116-137(107,141)129-32-13-34(40-29(3)58(96)85-67(99)80-40)122-36(32)18-117-138(108,142)133-51-49-64(92-26-79-43-55(92)82-66(74)84-60(43)98)126-70(51,30(4)121-49)21-118-135(104,105)130-45-38(125-61(47(45)114-12-10-111-7)89-16-28(2)57(95)87-69(89)101)20-115-134(102,103)132-50-48-63(91-25-78-42-54(91)81-65(73)83-59(42)97)127-71(50,31(5)120-48)22-119-139(109,143)131-44-35(17-93)124-62(46(44)113-11-9-110-6)90-24-77-41-52(72)75-23-76-53(41)90/h15-16,23-26,30-39,44-51,61-64,93H,9-14,17-22H2,1-8H3,(H,102,103)(H,104,105)(H,106,140)(H,107,141)(H,108,142)(H,109,143)(H2,72,75,76)(H,86,94,100)(H,87,95,101)(H3,73,81,83,97)(H3,74,82,84,98)(H2,80,85,96,99)/p-6/t30-,31-,32+,33+,34+,35+,36+,37+,38+,39+,44-,45-,46?,47?,48?,49?,50+,51+,61+,62+,63+,64+,70-,71-,136?,137?,138?,139?/m0/s1. The predicted octanol–water partition coefficient (Wildman–Crippen LogP) is -5.59. The van der Waals surface area contributed by atoms with Crippen molar-refractivity contribution in [3.63, 3.8) is 0 Å². The van der Waals surface area contributed by atoms with Crippen LogP contribution in [-0.4, -0.2) is 289 Å². The highest BCUT2D eigenvalue weighted by Crippen LogP contribution is 2.62. The van der Waals surface area contributed by atoms with Crippen LogP contribution >= 0.6 is 42.6 Å². The quantitative estimate of drug-likeness (QED) is 0.00968. The van der Waals surface area contributed by atoms with Crippen LogP contribution in [-0.2, 0) is 172 Å². The molecule has 0 aromatic carbocycles. The van der Waals surface area contributed by atoms with Crippen LogP contribution in [0.3, 0.4) is 0 Å². The lowest BCUT2D eigenvalue weighted by Crippen LogP contribution is -2.51. The number of imidazole rings is 3. The number of nitrogen functional groups attached to an aromatic ring is 3. The zero-order chi connectivity index (χ0) is 103. The van der Waals surface area contributed by atoms with E-state index in [1.165, 1.54) is 65.9 Å². The predicted molar refractivity (Wildman–Crippen MR) is 482 cm³/mol. The molecule has 0 saturated carbocycles. The minimum Gasteiger partial charge on any atom is -0.780 e. The second-order valence-corrected chi connectivity index (χ2v) is 47.1. The molecule has 13 N–H and O–H groups in total. The molecular formula is C71H89N21O41P6S4-6. The summed E-state index contributed by atoms with van der Waals surface area (Å²) in [5.74, 6) is -0.882. The number of aromatic amines is 6. The number of phosphoric ester groups is 2. The highest BCUT2D eigenvalue weighted by Gasteiger charge is 2.70. The van der Waals surface area contributed by atoms with Crippen molar-refractivity contribution >= 4 is 141 Å². The SMILES string of the molecule is COCCOC1[C@@H](OP(=O)([O-])OC[C@]23O[C@@H](n4cnc5c(=O)[nH]c(N)nc54)C(O[C@H]2C)[C@H]3OP(=O)([S-])OC[C@H]2O[C@@H](c3[nH]c(=O)[nH]c(=O)c3C)C[C@H]2OP([O-])(=S)OC[C@H]2O[C@@H](n3cc(C)c(=O)[nH]c3=O)C[C@H]2OP([O-])(=S)OC)[C@@H](COP(=O)([O-])O[C@@H]2C3O[C@@H](C)[C@]2(COP([O-])(=S)O[C@@H]2C(OCCOC)[C@H](n4cnc5c(N)ncnc54)O[C@@H]2CO)O[C@H]3n2cnc3c(=O)[nH]c(N)nc32)O[C@H]1n1cc(C)c(=O)[nH]c1=O. The van der Waals surface area contributed by atoms with Crippen molar-refractivity contribution in [1.29, 1.82) is 0 Å². The number of ether oxygens (including phenoxy) is 12. The van der Waals surface area contributed by atoms with Gasteiger partial charge in [-0.3, -0.25) is 85.4 Å². The maximum Gasteiger partial charge on any atom is 0.330 e. The van der Waals surface area contributed by atoms with Gasteiger partial charge < -0.3 is 175 Å². The third kappa shape index (κ3) is 21.9. The number of phosphoric acid groups is 2. The maximum atomic E-state index is 15.4. The van der Waals surface area contributed by atoms with Crippen molar-refractivity contribution in [2.24, 2.45) is 0 Å². The Morgan fingerprint density at radius 3 is 1.58 bits per heavy atom. The van der Waals surface area contributed by atoms with Crippen molar-refractivity contribution in [2.45, 2.75) is 194 Å². The fraction of sp³-hybridized carbons (Fsp3) is 0.620. The van der Waals surface area contributed by atoms with E-state index < -0.39 is 298 Å². The van der Waals surface area contributed by atoms with E-state index in [-0.39, 0.29) is 87.9 Å². The average molecular weight is 2210 g/mol. The molecule has 0 aliphatic carbocycles. The average Bonchev–Trinajstić information content (AvgIpc) is 1.54. The molecule has 784 valence electrons. The van der Waals surface area contributed by atoms with Gasteiger partial charge in [-0.1, -0.05) is 35.4 Å². The zero-order valence-corrected chi connectivity index (χ0v) is 84.0. The zero-order valence-electron chi connectivity index (χ0n) is 75.3. The van der Waals surface area contributed by atoms with Gasteiger partial charge in [-0.15, -0.1) is 0 Å². The fourth-order valence-corrected chi connectivity index (χ4v) is 24.9. The molecule has 10 unspecified atom stereocenters. The molecule has 4 bridgehead atoms. The Morgan fingerprint density at radius 1 is 0.497 bits per heavy atom. The van der Waals surface area contributed by atoms with Crippen LogP contribution in [0.25, 0.3) is 33.5 Å². The molecule has 8 fully saturated rings. The van der Waals surface area contributed by atoms with E-state index in [2.05, 4.69) is 64.8 Å². The van der Waals surface area contributed by atoms with Crippen LogP contribution in [0.2, 0.25) is 0 Å². The van der Waals surface area contributed by atoms with E-state index >= 15 is 28.4 Å². The van der Waals surface area contributed by atoms with Crippen molar-refractivity contribution in [3.8, 4) is 0 Å². The number of nitrogens with zero attached hydrogens (tertiary/aromatic N) is 12. The van der Waals surface area contributed by atoms with Gasteiger partial charge in [-0.05, 0) is 34.6 Å². The first-order chi connectivity index (χ1) is 67.6. The molecule has 17 heterocycles. The normalized spacial score (nSPS) is 32.1. The van der Waals surface area contributed by atoms with Gasteiger partial charge in [0.05, 0.1) is 115 Å². The summed E-state index contributed by atoms with van der Waals surface area (Å²) in [6, 6.07) is 0. The number of H-pyrrole nitrogens is 6. The number of aliphatic hydroxyl groups excluding tert-OH is 1. The van der Waals surface area contributed by atoms with Crippen LogP contribution in [0.4, 0.5) is 17.7 Å². The summed E-state index contributed by atoms with van der Waals surface area (Å²) in [6.45, 7) is -20.5. The Bertz CT molecular complexity index is 7160. The van der Waals surface area contributed by atoms with Gasteiger partial charge in [0.2, 0.25) is 11.9 Å². The van der Waals surface area contributed by atoms with Crippen LogP contribution in [0, 0.1) is 20.8 Å². The van der Waals surface area contributed by atoms with Gasteiger partial charge in [0.25, 0.3) is 43.4 Å². The van der Waals surface area contributed by atoms with E-state index in [9.17, 15) is 53.2 Å². The second kappa shape index (κ2) is 41.8. The van der Waals surface area contributed by atoms with E-state index in [0.717, 1.165) is 50.6 Å². The number of aliphatic hydroxyl groups is 1. The second-order valence-electron chi connectivity index (χ2n) is 33.5. The maximum absolute atomic E-state index is 15.4. The lowest BCUT2D eigenvalue weighted by atomic mass is 9.94. The number of aryl methyl sites for hydroxylation is 2. The van der Waals surface area contributed by atoms with E-state index in [4.69, 9.17) is 176 Å². The lowest BCUT2D eigenvalue weighted by Gasteiger charge is -2.40. The van der Waals surface area contributed by atoms with Crippen LogP contribution in [0.15, 0.2) is 76.1 Å². The summed E-state index contributed by atoms with van der Waals surface area (Å²) in [5.41, 5.74) is 4.73. The molecule has 62 nitrogen and oxygen atoms in total. The highest BCUT2D eigenvalue weighted by molar-refractivity contribution is 8.32. The number of fused-ring (bicyclic) bond motifs is 7. The Balaban J connectivity index is 0.649. The van der Waals surface area contributed by atoms with E-state index in [1.54, 1.807) is 0 Å². The van der Waals surface area contributed by atoms with Crippen molar-refractivity contribution < 1.29 is 154 Å². The topological polar surface area (TPSA) is 832 Å². The smallest absolute Gasteiger partial charge is 0.330 e. The first kappa shape index (κ1) is 107. The minimum absolute atomic E-state index is 0.0109. The highest BCUT2D eigenvalue weighted by atomic mass is 32.7. The lowest BCUT2D eigenvalue weighted by molar-refractivity contribution is -0.251. The summed E-state index contributed by atoms with van der Waals surface area (Å²) >= 11 is 21.6. The number of methoxy groups -OCH3 is 2. The van der Waals surface area contributed by atoms with Crippen molar-refractivity contribution in [1.82, 2.24) is 87.6 Å². The number of nitrogens with one attached hydrogen (secondary N) is 6. The number of hydrogen-bond donors (Lipinski definition) is 10. The molecule has 9 aromatic rings. The Kier molecular flexibility index (Phi) is 31.2. The van der Waals surface area contributed by atoms with Crippen LogP contribution in [0.1, 0.15) is 86.3 Å². The first-order valence-electron chi connectivity index (χ1n) is 42.8. The molecule has 9 aromatic heterocycles. The number of aromatic nitrogens is 18. The minimum atomic E-state index is -6.28. The van der Waals surface area contributed by atoms with Gasteiger partial charge in [0, 0.05) is 63.3 Å². The largest absolute Gasteiger partial charge is 0.780 e.